The molecule has 0 saturated heterocycles. The zero-order valence-electron chi connectivity index (χ0n) is 19.4. The van der Waals surface area contributed by atoms with Gasteiger partial charge < -0.3 is 16.8 Å². The van der Waals surface area contributed by atoms with Gasteiger partial charge in [0.1, 0.15) is 6.04 Å². The first-order valence-electron chi connectivity index (χ1n) is 11.4. The average molecular weight is 480 g/mol. The Morgan fingerprint density at radius 3 is 2.06 bits per heavy atom. The van der Waals surface area contributed by atoms with Gasteiger partial charge in [0.15, 0.2) is 0 Å². The van der Waals surface area contributed by atoms with Gasteiger partial charge in [-0.2, -0.15) is 0 Å². The number of Topliss-reactive ketones (excluding diaryl/α,β-unsaturated/α-hetero) is 1. The molecule has 0 bridgehead atoms. The van der Waals surface area contributed by atoms with Crippen molar-refractivity contribution < 1.29 is 19.2 Å². The van der Waals surface area contributed by atoms with Crippen LogP contribution < -0.4 is 16.8 Å². The van der Waals surface area contributed by atoms with Crippen LogP contribution in [0.15, 0.2) is 91.0 Å². The number of carbonyl (C=O) groups is 4. The molecule has 0 heterocycles. The van der Waals surface area contributed by atoms with Crippen LogP contribution in [0.1, 0.15) is 37.4 Å². The van der Waals surface area contributed by atoms with Crippen LogP contribution in [0.2, 0.25) is 0 Å². The largest absolute Gasteiger partial charge is 0.366 e. The van der Waals surface area contributed by atoms with Crippen molar-refractivity contribution in [2.45, 2.75) is 18.9 Å². The highest BCUT2D eigenvalue weighted by molar-refractivity contribution is 6.38. The van der Waals surface area contributed by atoms with Crippen molar-refractivity contribution >= 4 is 34.3 Å². The van der Waals surface area contributed by atoms with Gasteiger partial charge in [0.25, 0.3) is 11.8 Å². The van der Waals surface area contributed by atoms with E-state index in [1.54, 1.807) is 48.5 Å². The normalized spacial score (nSPS) is 11.6. The van der Waals surface area contributed by atoms with Crippen molar-refractivity contribution in [1.29, 1.82) is 0 Å². The molecule has 1 atom stereocenters. The highest BCUT2D eigenvalue weighted by Crippen LogP contribution is 2.24. The first-order chi connectivity index (χ1) is 17.3. The number of fused-ring (bicyclic) bond motifs is 1. The second-order valence-corrected chi connectivity index (χ2v) is 8.50. The van der Waals surface area contributed by atoms with Crippen LogP contribution in [-0.2, 0) is 22.4 Å². The number of rotatable bonds is 9. The lowest BCUT2D eigenvalue weighted by Crippen LogP contribution is -2.47. The Bertz CT molecular complexity index is 1450. The second-order valence-electron chi connectivity index (χ2n) is 8.50. The highest BCUT2D eigenvalue weighted by Gasteiger charge is 2.26. The summed E-state index contributed by atoms with van der Waals surface area (Å²) in [5.41, 5.74) is 14.1. The van der Waals surface area contributed by atoms with Crippen molar-refractivity contribution in [3.05, 3.63) is 119 Å². The predicted octanol–water partition coefficient (Wildman–Crippen LogP) is 2.93. The van der Waals surface area contributed by atoms with Gasteiger partial charge in [0.05, 0.1) is 5.56 Å². The van der Waals surface area contributed by atoms with Gasteiger partial charge in [-0.1, -0.05) is 78.9 Å². The summed E-state index contributed by atoms with van der Waals surface area (Å²) >= 11 is 0. The number of nitrogens with one attached hydrogen (secondary N) is 1. The number of carbonyl (C=O) groups excluding carboxylic acids is 4. The van der Waals surface area contributed by atoms with E-state index in [9.17, 15) is 19.2 Å². The summed E-state index contributed by atoms with van der Waals surface area (Å²) < 4.78 is 0. The fraction of sp³-hybridized carbons (Fsp3) is 0.103. The van der Waals surface area contributed by atoms with Crippen LogP contribution in [-0.4, -0.2) is 29.5 Å². The van der Waals surface area contributed by atoms with Crippen molar-refractivity contribution in [1.82, 2.24) is 5.32 Å². The van der Waals surface area contributed by atoms with Crippen molar-refractivity contribution in [3.8, 4) is 0 Å². The zero-order chi connectivity index (χ0) is 25.7. The van der Waals surface area contributed by atoms with Gasteiger partial charge in [-0.25, -0.2) is 0 Å². The molecule has 4 aromatic carbocycles. The van der Waals surface area contributed by atoms with E-state index in [2.05, 4.69) is 5.32 Å². The maximum atomic E-state index is 12.9. The number of nitrogens with two attached hydrogens (primary N) is 2. The molecule has 0 aliphatic rings. The quantitative estimate of drug-likeness (QED) is 0.318. The summed E-state index contributed by atoms with van der Waals surface area (Å²) in [5, 5.41) is 4.35. The molecule has 4 aromatic rings. The van der Waals surface area contributed by atoms with Gasteiger partial charge in [-0.3, -0.25) is 19.2 Å². The fourth-order valence-electron chi connectivity index (χ4n) is 4.22. The molecule has 0 saturated carbocycles. The number of primary amides is 2. The molecule has 5 N–H and O–H groups in total. The molecule has 1 unspecified atom stereocenters. The first kappa shape index (κ1) is 24.3. The minimum atomic E-state index is -1.10. The van der Waals surface area contributed by atoms with Crippen LogP contribution in [0, 0.1) is 0 Å². The molecule has 0 spiro atoms. The molecule has 0 fully saturated rings. The zero-order valence-corrected chi connectivity index (χ0v) is 19.4. The van der Waals surface area contributed by atoms with E-state index in [0.717, 1.165) is 27.5 Å². The second kappa shape index (κ2) is 10.7. The molecular weight excluding hydrogens is 454 g/mol. The van der Waals surface area contributed by atoms with Crippen molar-refractivity contribution in [2.24, 2.45) is 11.5 Å². The smallest absolute Gasteiger partial charge is 0.287 e. The number of benzene rings is 4. The molecule has 180 valence electrons. The van der Waals surface area contributed by atoms with E-state index in [1.165, 1.54) is 0 Å². The maximum Gasteiger partial charge on any atom is 0.287 e. The Morgan fingerprint density at radius 1 is 0.722 bits per heavy atom. The third-order valence-electron chi connectivity index (χ3n) is 6.02. The van der Waals surface area contributed by atoms with Crippen LogP contribution >= 0.6 is 0 Å². The van der Waals surface area contributed by atoms with Crippen LogP contribution in [0.4, 0.5) is 0 Å². The number of ketones is 1. The third-order valence-corrected chi connectivity index (χ3v) is 6.02. The number of amides is 3. The van der Waals surface area contributed by atoms with E-state index >= 15 is 0 Å². The molecule has 0 aliphatic carbocycles. The monoisotopic (exact) mass is 479 g/mol. The third kappa shape index (κ3) is 5.47. The van der Waals surface area contributed by atoms with E-state index in [-0.39, 0.29) is 6.42 Å². The number of hydrogen-bond acceptors (Lipinski definition) is 4. The van der Waals surface area contributed by atoms with Crippen LogP contribution in [0.3, 0.4) is 0 Å². The number of hydrogen-bond donors (Lipinski definition) is 3. The first-order valence-corrected chi connectivity index (χ1v) is 11.4. The molecule has 3 amide bonds. The molecule has 0 aromatic heterocycles. The standard InChI is InChI=1S/C29H25N3O4/c30-27(34)25-22(15-14-20-8-4-5-9-23(20)25)16-19-10-12-21(13-11-19)29(36)32-24(26(33)28(31)35)17-18-6-2-1-3-7-18/h1-15,24H,16-17H2,(H2,30,34)(H2,31,35)(H,32,36). The summed E-state index contributed by atoms with van der Waals surface area (Å²) in [6.07, 6.45) is 0.589. The minimum absolute atomic E-state index is 0.143. The van der Waals surface area contributed by atoms with Crippen LogP contribution in [0.25, 0.3) is 10.8 Å². The van der Waals surface area contributed by atoms with Gasteiger partial charge in [0, 0.05) is 12.0 Å². The van der Waals surface area contributed by atoms with Crippen LogP contribution in [0.5, 0.6) is 0 Å². The Kier molecular flexibility index (Phi) is 7.20. The van der Waals surface area contributed by atoms with Crippen molar-refractivity contribution in [2.75, 3.05) is 0 Å². The summed E-state index contributed by atoms with van der Waals surface area (Å²) in [6, 6.07) is 26.2. The molecule has 0 radical (unpaired) electrons. The van der Waals surface area contributed by atoms with E-state index in [1.807, 2.05) is 42.5 Å². The van der Waals surface area contributed by atoms with E-state index in [0.29, 0.717) is 17.5 Å². The molecule has 7 nitrogen and oxygen atoms in total. The SMILES string of the molecule is NC(=O)C(=O)C(Cc1ccccc1)NC(=O)c1ccc(Cc2ccc3ccccc3c2C(N)=O)cc1. The molecule has 7 heteroatoms. The Labute approximate surface area is 208 Å². The lowest BCUT2D eigenvalue weighted by Gasteiger charge is -2.16. The molecule has 0 aliphatic heterocycles. The summed E-state index contributed by atoms with van der Waals surface area (Å²) in [7, 11) is 0. The summed E-state index contributed by atoms with van der Waals surface area (Å²) in [6.45, 7) is 0. The minimum Gasteiger partial charge on any atom is -0.366 e. The van der Waals surface area contributed by atoms with E-state index in [4.69, 9.17) is 11.5 Å². The van der Waals surface area contributed by atoms with Gasteiger partial charge in [-0.05, 0) is 46.0 Å². The fourth-order valence-corrected chi connectivity index (χ4v) is 4.22. The van der Waals surface area contributed by atoms with Gasteiger partial charge in [-0.15, -0.1) is 0 Å². The average Bonchev–Trinajstić information content (AvgIpc) is 2.88. The Balaban J connectivity index is 1.52. The van der Waals surface area contributed by atoms with E-state index < -0.39 is 29.5 Å². The Morgan fingerprint density at radius 2 is 1.39 bits per heavy atom. The molecule has 36 heavy (non-hydrogen) atoms. The molecular formula is C29H25N3O4. The lowest BCUT2D eigenvalue weighted by molar-refractivity contribution is -0.137. The summed E-state index contributed by atoms with van der Waals surface area (Å²) in [4.78, 5) is 48.9. The predicted molar refractivity (Wildman–Crippen MR) is 137 cm³/mol. The van der Waals surface area contributed by atoms with Gasteiger partial charge in [0.2, 0.25) is 11.7 Å². The molecule has 4 rings (SSSR count). The lowest BCUT2D eigenvalue weighted by atomic mass is 9.94. The summed E-state index contributed by atoms with van der Waals surface area (Å²) in [5.74, 6) is -2.96. The highest BCUT2D eigenvalue weighted by atomic mass is 16.2. The van der Waals surface area contributed by atoms with Gasteiger partial charge >= 0.3 is 0 Å². The topological polar surface area (TPSA) is 132 Å². The Hall–Kier alpha value is -4.78. The van der Waals surface area contributed by atoms with Crippen molar-refractivity contribution in [3.63, 3.8) is 0 Å². The maximum absolute atomic E-state index is 12.9.